The molecule has 5 rings (SSSR count). The summed E-state index contributed by atoms with van der Waals surface area (Å²) in [6, 6.07) is 3.16. The zero-order chi connectivity index (χ0) is 30.7. The number of nitrogens with zero attached hydrogens (tertiary/aromatic N) is 1. The van der Waals surface area contributed by atoms with Crippen LogP contribution < -0.4 is 5.73 Å². The van der Waals surface area contributed by atoms with Gasteiger partial charge in [-0.05, 0) is 38.6 Å². The topological polar surface area (TPSA) is 197 Å². The molecular formula is C30H36N2O10. The second kappa shape index (κ2) is 10.8. The number of benzene rings is 1. The molecule has 0 aliphatic heterocycles. The monoisotopic (exact) mass is 584 g/mol. The highest BCUT2D eigenvalue weighted by molar-refractivity contribution is 6.25. The number of ether oxygens (including phenoxy) is 2. The SMILES string of the molecule is CCC(=O)OC1C2C(=C(O)C3(O)C(=O)C(C(N)=O)=C(O)C(N(C)C)C13)C(=O)c1c(O)cccc1C2COC1CCCC1. The highest BCUT2D eigenvalue weighted by Crippen LogP contribution is 2.56. The number of aliphatic hydroxyl groups excluding tert-OH is 2. The Morgan fingerprint density at radius 2 is 1.79 bits per heavy atom. The first-order valence-electron chi connectivity index (χ1n) is 14.1. The van der Waals surface area contributed by atoms with Crippen molar-refractivity contribution in [3.05, 3.63) is 52.0 Å². The van der Waals surface area contributed by atoms with Crippen molar-refractivity contribution < 1.29 is 49.1 Å². The normalized spacial score (nSPS) is 31.2. The van der Waals surface area contributed by atoms with Crippen molar-refractivity contribution in [2.75, 3.05) is 20.7 Å². The molecule has 6 unspecified atom stereocenters. The van der Waals surface area contributed by atoms with Crippen LogP contribution in [0.3, 0.4) is 0 Å². The summed E-state index contributed by atoms with van der Waals surface area (Å²) in [7, 11) is 3.01. The van der Waals surface area contributed by atoms with E-state index < -0.39 is 81.6 Å². The number of hydrogen-bond donors (Lipinski definition) is 5. The molecule has 1 saturated carbocycles. The van der Waals surface area contributed by atoms with Crippen LogP contribution in [-0.2, 0) is 23.9 Å². The Hall–Kier alpha value is -3.74. The average Bonchev–Trinajstić information content (AvgIpc) is 3.45. The van der Waals surface area contributed by atoms with Crippen LogP contribution in [0.25, 0.3) is 0 Å². The third-order valence-corrected chi connectivity index (χ3v) is 9.14. The van der Waals surface area contributed by atoms with Crippen LogP contribution in [0.15, 0.2) is 40.9 Å². The molecule has 12 heteroatoms. The Kier molecular flexibility index (Phi) is 7.67. The Bertz CT molecular complexity index is 1410. The van der Waals surface area contributed by atoms with E-state index in [0.717, 1.165) is 25.7 Å². The zero-order valence-corrected chi connectivity index (χ0v) is 23.7. The fraction of sp³-hybridized carbons (Fsp3) is 0.533. The summed E-state index contributed by atoms with van der Waals surface area (Å²) in [6.07, 6.45) is 2.04. The minimum atomic E-state index is -2.98. The van der Waals surface area contributed by atoms with E-state index in [4.69, 9.17) is 15.2 Å². The Balaban J connectivity index is 1.80. The third-order valence-electron chi connectivity index (χ3n) is 9.14. The number of carbonyl (C=O) groups excluding carboxylic acids is 4. The number of carbonyl (C=O) groups is 4. The maximum Gasteiger partial charge on any atom is 0.305 e. The van der Waals surface area contributed by atoms with Crippen LogP contribution in [0.4, 0.5) is 0 Å². The van der Waals surface area contributed by atoms with Crippen LogP contribution in [0.1, 0.15) is 60.9 Å². The van der Waals surface area contributed by atoms with Crippen molar-refractivity contribution in [2.45, 2.75) is 68.8 Å². The molecule has 1 fully saturated rings. The standard InChI is InChI=1S/C30H36N2O10/c1-4-17(34)42-26-19-15(12-41-13-8-5-6-9-13)14-10-7-11-16(33)18(14)24(35)20(19)27(37)30(40)22(26)23(32(2)3)25(36)21(28(30)38)29(31)39/h7,10-11,13,15,19,22-23,26,33,36-37,40H,4-6,8-9,12H2,1-3H3,(H2,31,39). The first-order valence-corrected chi connectivity index (χ1v) is 14.1. The van der Waals surface area contributed by atoms with Crippen molar-refractivity contribution in [2.24, 2.45) is 17.6 Å². The number of likely N-dealkylation sites (N-methyl/N-ethyl adjacent to an activating group) is 1. The molecule has 42 heavy (non-hydrogen) atoms. The summed E-state index contributed by atoms with van der Waals surface area (Å²) < 4.78 is 12.2. The third kappa shape index (κ3) is 4.31. The van der Waals surface area contributed by atoms with E-state index in [9.17, 15) is 39.6 Å². The summed E-state index contributed by atoms with van der Waals surface area (Å²) >= 11 is 0. The Morgan fingerprint density at radius 1 is 1.12 bits per heavy atom. The summed E-state index contributed by atoms with van der Waals surface area (Å²) in [4.78, 5) is 54.5. The van der Waals surface area contributed by atoms with Crippen LogP contribution in [0, 0.1) is 11.8 Å². The van der Waals surface area contributed by atoms with Crippen LogP contribution in [-0.4, -0.2) is 93.3 Å². The van der Waals surface area contributed by atoms with E-state index in [2.05, 4.69) is 0 Å². The minimum Gasteiger partial charge on any atom is -0.510 e. The summed E-state index contributed by atoms with van der Waals surface area (Å²) in [5, 5.41) is 45.8. The number of aliphatic hydroxyl groups is 3. The fourth-order valence-corrected chi connectivity index (χ4v) is 7.24. The maximum absolute atomic E-state index is 14.1. The molecule has 1 amide bonds. The predicted molar refractivity (Wildman–Crippen MR) is 146 cm³/mol. The number of hydrogen-bond acceptors (Lipinski definition) is 11. The first kappa shape index (κ1) is 29.7. The highest BCUT2D eigenvalue weighted by atomic mass is 16.5. The van der Waals surface area contributed by atoms with Gasteiger partial charge in [0.05, 0.1) is 30.2 Å². The average molecular weight is 585 g/mol. The molecule has 1 aromatic carbocycles. The molecule has 6 atom stereocenters. The van der Waals surface area contributed by atoms with E-state index in [1.54, 1.807) is 19.1 Å². The van der Waals surface area contributed by atoms with E-state index in [1.165, 1.54) is 25.1 Å². The lowest BCUT2D eigenvalue weighted by Gasteiger charge is -2.54. The van der Waals surface area contributed by atoms with Gasteiger partial charge in [-0.1, -0.05) is 31.9 Å². The highest BCUT2D eigenvalue weighted by Gasteiger charge is 2.69. The number of nitrogens with two attached hydrogens (primary N) is 1. The van der Waals surface area contributed by atoms with Gasteiger partial charge in [-0.3, -0.25) is 24.1 Å². The van der Waals surface area contributed by atoms with E-state index in [1.807, 2.05) is 0 Å². The van der Waals surface area contributed by atoms with Gasteiger partial charge >= 0.3 is 5.97 Å². The van der Waals surface area contributed by atoms with Gasteiger partial charge in [-0.2, -0.15) is 0 Å². The largest absolute Gasteiger partial charge is 0.510 e. The molecule has 6 N–H and O–H groups in total. The number of esters is 1. The molecule has 1 aromatic rings. The van der Waals surface area contributed by atoms with Gasteiger partial charge in [0.25, 0.3) is 5.91 Å². The van der Waals surface area contributed by atoms with Gasteiger partial charge in [-0.15, -0.1) is 0 Å². The number of fused-ring (bicyclic) bond motifs is 3. The lowest BCUT2D eigenvalue weighted by molar-refractivity contribution is -0.181. The predicted octanol–water partition coefficient (Wildman–Crippen LogP) is 1.55. The van der Waals surface area contributed by atoms with Gasteiger partial charge in [0.15, 0.2) is 11.4 Å². The minimum absolute atomic E-state index is 0.0100. The number of amides is 1. The quantitative estimate of drug-likeness (QED) is 0.230. The second-order valence-electron chi connectivity index (χ2n) is 11.7. The summed E-state index contributed by atoms with van der Waals surface area (Å²) in [5.74, 6) is -10.0. The molecule has 0 aromatic heterocycles. The molecule has 0 saturated heterocycles. The number of aromatic hydroxyl groups is 1. The second-order valence-corrected chi connectivity index (χ2v) is 11.7. The molecule has 0 heterocycles. The molecular weight excluding hydrogens is 548 g/mol. The lowest BCUT2D eigenvalue weighted by atomic mass is 9.55. The summed E-state index contributed by atoms with van der Waals surface area (Å²) in [6.45, 7) is 1.56. The van der Waals surface area contributed by atoms with Crippen molar-refractivity contribution >= 4 is 23.4 Å². The fourth-order valence-electron chi connectivity index (χ4n) is 7.24. The Labute approximate surface area is 242 Å². The summed E-state index contributed by atoms with van der Waals surface area (Å²) in [5.41, 5.74) is 1.32. The first-order chi connectivity index (χ1) is 19.9. The lowest BCUT2D eigenvalue weighted by Crippen LogP contribution is -2.69. The van der Waals surface area contributed by atoms with E-state index in [-0.39, 0.29) is 30.4 Å². The molecule has 4 aliphatic rings. The molecule has 4 aliphatic carbocycles. The van der Waals surface area contributed by atoms with E-state index >= 15 is 0 Å². The molecule has 0 spiro atoms. The van der Waals surface area contributed by atoms with E-state index in [0.29, 0.717) is 5.56 Å². The van der Waals surface area contributed by atoms with Gasteiger partial charge in [-0.25, -0.2) is 0 Å². The van der Waals surface area contributed by atoms with Gasteiger partial charge in [0.1, 0.15) is 28.9 Å². The van der Waals surface area contributed by atoms with Crippen molar-refractivity contribution in [3.8, 4) is 5.75 Å². The maximum atomic E-state index is 14.1. The van der Waals surface area contributed by atoms with Crippen molar-refractivity contribution in [1.82, 2.24) is 4.90 Å². The van der Waals surface area contributed by atoms with Crippen LogP contribution in [0.5, 0.6) is 5.75 Å². The van der Waals surface area contributed by atoms with Crippen LogP contribution in [0.2, 0.25) is 0 Å². The number of ketones is 2. The van der Waals surface area contributed by atoms with Crippen molar-refractivity contribution in [3.63, 3.8) is 0 Å². The molecule has 0 bridgehead atoms. The number of phenolic OH excluding ortho intramolecular Hbond substituents is 1. The number of primary amides is 1. The number of rotatable bonds is 7. The molecule has 226 valence electrons. The Morgan fingerprint density at radius 3 is 2.38 bits per heavy atom. The number of phenols is 1. The smallest absolute Gasteiger partial charge is 0.305 e. The van der Waals surface area contributed by atoms with Crippen LogP contribution >= 0.6 is 0 Å². The van der Waals surface area contributed by atoms with Crippen molar-refractivity contribution in [1.29, 1.82) is 0 Å². The van der Waals surface area contributed by atoms with Gasteiger partial charge < -0.3 is 35.6 Å². The molecule has 0 radical (unpaired) electrons. The number of Topliss-reactive ketones (excluding diaryl/α,β-unsaturated/α-hetero) is 2. The zero-order valence-electron chi connectivity index (χ0n) is 23.7. The van der Waals surface area contributed by atoms with Gasteiger partial charge in [0.2, 0.25) is 5.78 Å². The van der Waals surface area contributed by atoms with Gasteiger partial charge in [0, 0.05) is 23.8 Å². The molecule has 12 nitrogen and oxygen atoms in total.